The first-order valence-electron chi connectivity index (χ1n) is 8.69. The standard InChI is InChI=1S/C21H26N2O3/c1-15(2)14-26-19-7-5-17(13-20(19)25-4)6-8-21(24)23-16(3)18-9-11-22-12-10-18/h5-13,15-16H,14H2,1-4H3,(H,23,24)/b8-6+. The molecule has 2 rings (SSSR count). The van der Waals surface area contributed by atoms with E-state index in [9.17, 15) is 4.79 Å². The third-order valence-electron chi connectivity index (χ3n) is 3.75. The Labute approximate surface area is 155 Å². The summed E-state index contributed by atoms with van der Waals surface area (Å²) in [5.74, 6) is 1.63. The molecule has 0 fully saturated rings. The van der Waals surface area contributed by atoms with E-state index >= 15 is 0 Å². The molecule has 0 aliphatic heterocycles. The number of ether oxygens (including phenoxy) is 2. The van der Waals surface area contributed by atoms with Crippen LogP contribution in [0.5, 0.6) is 11.5 Å². The third-order valence-corrected chi connectivity index (χ3v) is 3.75. The first-order valence-corrected chi connectivity index (χ1v) is 8.69. The van der Waals surface area contributed by atoms with E-state index < -0.39 is 0 Å². The van der Waals surface area contributed by atoms with Gasteiger partial charge in [-0.15, -0.1) is 0 Å². The largest absolute Gasteiger partial charge is 0.493 e. The molecule has 0 saturated heterocycles. The molecule has 0 bridgehead atoms. The number of hydrogen-bond donors (Lipinski definition) is 1. The van der Waals surface area contributed by atoms with Gasteiger partial charge >= 0.3 is 0 Å². The summed E-state index contributed by atoms with van der Waals surface area (Å²) in [6.45, 7) is 6.75. The van der Waals surface area contributed by atoms with Gasteiger partial charge in [0.15, 0.2) is 11.5 Å². The maximum Gasteiger partial charge on any atom is 0.244 e. The normalized spacial score (nSPS) is 12.2. The monoisotopic (exact) mass is 354 g/mol. The van der Waals surface area contributed by atoms with Crippen molar-refractivity contribution < 1.29 is 14.3 Å². The summed E-state index contributed by atoms with van der Waals surface area (Å²) in [6, 6.07) is 9.29. The van der Waals surface area contributed by atoms with Gasteiger partial charge in [0.2, 0.25) is 5.91 Å². The minimum atomic E-state index is -0.159. The molecule has 1 N–H and O–H groups in total. The number of amides is 1. The molecule has 0 aliphatic rings. The van der Waals surface area contributed by atoms with Crippen LogP contribution in [0.25, 0.3) is 6.08 Å². The summed E-state index contributed by atoms with van der Waals surface area (Å²) < 4.78 is 11.1. The highest BCUT2D eigenvalue weighted by atomic mass is 16.5. The van der Waals surface area contributed by atoms with E-state index in [0.29, 0.717) is 24.0 Å². The van der Waals surface area contributed by atoms with Gasteiger partial charge in [0, 0.05) is 18.5 Å². The lowest BCUT2D eigenvalue weighted by Crippen LogP contribution is -2.24. The molecule has 1 heterocycles. The third kappa shape index (κ3) is 5.92. The summed E-state index contributed by atoms with van der Waals surface area (Å²) >= 11 is 0. The van der Waals surface area contributed by atoms with Crippen molar-refractivity contribution in [3.63, 3.8) is 0 Å². The van der Waals surface area contributed by atoms with Crippen molar-refractivity contribution in [3.05, 3.63) is 59.9 Å². The zero-order valence-corrected chi connectivity index (χ0v) is 15.7. The Hall–Kier alpha value is -2.82. The van der Waals surface area contributed by atoms with Crippen molar-refractivity contribution >= 4 is 12.0 Å². The molecule has 1 unspecified atom stereocenters. The van der Waals surface area contributed by atoms with Crippen molar-refractivity contribution in [2.75, 3.05) is 13.7 Å². The Morgan fingerprint density at radius 3 is 2.54 bits per heavy atom. The number of carbonyl (C=O) groups is 1. The second-order valence-corrected chi connectivity index (χ2v) is 6.46. The Balaban J connectivity index is 1.99. The zero-order chi connectivity index (χ0) is 18.9. The minimum absolute atomic E-state index is 0.0866. The zero-order valence-electron chi connectivity index (χ0n) is 15.7. The van der Waals surface area contributed by atoms with Crippen molar-refractivity contribution in [2.24, 2.45) is 5.92 Å². The van der Waals surface area contributed by atoms with Crippen molar-refractivity contribution in [2.45, 2.75) is 26.8 Å². The average molecular weight is 354 g/mol. The number of hydrogen-bond acceptors (Lipinski definition) is 4. The minimum Gasteiger partial charge on any atom is -0.493 e. The molecule has 0 saturated carbocycles. The highest BCUT2D eigenvalue weighted by molar-refractivity contribution is 5.92. The van der Waals surface area contributed by atoms with Gasteiger partial charge in [-0.05, 0) is 54.3 Å². The molecular weight excluding hydrogens is 328 g/mol. The van der Waals surface area contributed by atoms with Gasteiger partial charge < -0.3 is 14.8 Å². The number of pyridine rings is 1. The fourth-order valence-corrected chi connectivity index (χ4v) is 2.33. The van der Waals surface area contributed by atoms with Crippen LogP contribution >= 0.6 is 0 Å². The van der Waals surface area contributed by atoms with Crippen LogP contribution in [-0.2, 0) is 4.79 Å². The summed E-state index contributed by atoms with van der Waals surface area (Å²) in [4.78, 5) is 16.1. The van der Waals surface area contributed by atoms with Gasteiger partial charge in [0.1, 0.15) is 0 Å². The maximum absolute atomic E-state index is 12.1. The molecule has 1 aromatic heterocycles. The number of rotatable bonds is 8. The van der Waals surface area contributed by atoms with E-state index in [4.69, 9.17) is 9.47 Å². The van der Waals surface area contributed by atoms with Crippen LogP contribution in [0.3, 0.4) is 0 Å². The molecule has 1 atom stereocenters. The molecule has 1 amide bonds. The van der Waals surface area contributed by atoms with Gasteiger partial charge in [0.25, 0.3) is 0 Å². The molecule has 26 heavy (non-hydrogen) atoms. The van der Waals surface area contributed by atoms with Gasteiger partial charge in [-0.3, -0.25) is 9.78 Å². The number of nitrogens with zero attached hydrogens (tertiary/aromatic N) is 1. The second-order valence-electron chi connectivity index (χ2n) is 6.46. The Morgan fingerprint density at radius 2 is 1.88 bits per heavy atom. The van der Waals surface area contributed by atoms with Crippen LogP contribution in [0.1, 0.15) is 37.9 Å². The highest BCUT2D eigenvalue weighted by Gasteiger charge is 2.08. The maximum atomic E-state index is 12.1. The predicted octanol–water partition coefficient (Wildman–Crippen LogP) is 4.02. The smallest absolute Gasteiger partial charge is 0.244 e. The van der Waals surface area contributed by atoms with Crippen molar-refractivity contribution in [1.29, 1.82) is 0 Å². The predicted molar refractivity (Wildman–Crippen MR) is 103 cm³/mol. The quantitative estimate of drug-likeness (QED) is 0.728. The van der Waals surface area contributed by atoms with Gasteiger partial charge in [-0.2, -0.15) is 0 Å². The lowest BCUT2D eigenvalue weighted by atomic mass is 10.1. The highest BCUT2D eigenvalue weighted by Crippen LogP contribution is 2.29. The van der Waals surface area contributed by atoms with E-state index in [1.54, 1.807) is 25.6 Å². The van der Waals surface area contributed by atoms with Gasteiger partial charge in [0.05, 0.1) is 19.8 Å². The van der Waals surface area contributed by atoms with Crippen LogP contribution in [0.15, 0.2) is 48.8 Å². The first kappa shape index (κ1) is 19.5. The van der Waals surface area contributed by atoms with Gasteiger partial charge in [-0.25, -0.2) is 0 Å². The van der Waals surface area contributed by atoms with Crippen LogP contribution in [0, 0.1) is 5.92 Å². The molecule has 0 radical (unpaired) electrons. The number of nitrogens with one attached hydrogen (secondary N) is 1. The molecule has 138 valence electrons. The summed E-state index contributed by atoms with van der Waals surface area (Å²) in [5.41, 5.74) is 1.88. The molecule has 1 aromatic carbocycles. The average Bonchev–Trinajstić information content (AvgIpc) is 2.65. The molecule has 5 nitrogen and oxygen atoms in total. The summed E-state index contributed by atoms with van der Waals surface area (Å²) in [5, 5.41) is 2.93. The van der Waals surface area contributed by atoms with Crippen LogP contribution in [0.4, 0.5) is 0 Å². The molecule has 2 aromatic rings. The lowest BCUT2D eigenvalue weighted by Gasteiger charge is -2.13. The Kier molecular flexibility index (Phi) is 7.21. The number of methoxy groups -OCH3 is 1. The topological polar surface area (TPSA) is 60.5 Å². The molecule has 0 spiro atoms. The van der Waals surface area contributed by atoms with E-state index in [-0.39, 0.29) is 11.9 Å². The fraction of sp³-hybridized carbons (Fsp3) is 0.333. The van der Waals surface area contributed by atoms with E-state index in [2.05, 4.69) is 24.1 Å². The Bertz CT molecular complexity index is 742. The molecule has 5 heteroatoms. The summed E-state index contributed by atoms with van der Waals surface area (Å²) in [6.07, 6.45) is 6.69. The lowest BCUT2D eigenvalue weighted by molar-refractivity contribution is -0.117. The van der Waals surface area contributed by atoms with E-state index in [0.717, 1.165) is 11.1 Å². The van der Waals surface area contributed by atoms with Crippen molar-refractivity contribution in [3.8, 4) is 11.5 Å². The fourth-order valence-electron chi connectivity index (χ4n) is 2.33. The van der Waals surface area contributed by atoms with Crippen molar-refractivity contribution in [1.82, 2.24) is 10.3 Å². The Morgan fingerprint density at radius 1 is 1.15 bits per heavy atom. The molecular formula is C21H26N2O3. The number of benzene rings is 1. The van der Waals surface area contributed by atoms with E-state index in [1.807, 2.05) is 37.3 Å². The van der Waals surface area contributed by atoms with Gasteiger partial charge in [-0.1, -0.05) is 19.9 Å². The summed E-state index contributed by atoms with van der Waals surface area (Å²) in [7, 11) is 1.61. The first-order chi connectivity index (χ1) is 12.5. The van der Waals surface area contributed by atoms with Crippen LogP contribution in [0.2, 0.25) is 0 Å². The SMILES string of the molecule is COc1cc(/C=C/C(=O)NC(C)c2ccncc2)ccc1OCC(C)C. The van der Waals surface area contributed by atoms with Crippen LogP contribution < -0.4 is 14.8 Å². The van der Waals surface area contributed by atoms with E-state index in [1.165, 1.54) is 6.08 Å². The van der Waals surface area contributed by atoms with Crippen LogP contribution in [-0.4, -0.2) is 24.6 Å². The second kappa shape index (κ2) is 9.61. The molecule has 0 aliphatic carbocycles. The number of carbonyl (C=O) groups excluding carboxylic acids is 1. The number of aromatic nitrogens is 1.